The normalized spacial score (nSPS) is 26.6. The highest BCUT2D eigenvalue weighted by Crippen LogP contribution is 2.64. The van der Waals surface area contributed by atoms with Crippen LogP contribution in [0.4, 0.5) is 36.4 Å². The molecule has 1 aliphatic heterocycles. The first-order valence-corrected chi connectivity index (χ1v) is 17.3. The first-order valence-electron chi connectivity index (χ1n) is 17.3. The van der Waals surface area contributed by atoms with Gasteiger partial charge in [0.25, 0.3) is 0 Å². The van der Waals surface area contributed by atoms with Crippen molar-refractivity contribution >= 4 is 34.6 Å². The standard InChI is InChI=1S/C42H28F7NO5/c43-32-15-22(11-14-33(32)51)36-27-12-13-28-35(39(55)50(38(28)54)26-17-24(41(44,45)46)16-25(18-26)42(47,48)49)30(27)19-31-37(53)29(21-7-3-1-4-8-21)20-34(52)40(31,36)23-9-5-2-6-10-23/h1-12,14-18,20,28,30-31,35-36,51H,13,19H2. The molecule has 13 heteroatoms. The largest absolute Gasteiger partial charge is 0.505 e. The van der Waals surface area contributed by atoms with Crippen LogP contribution in [0.2, 0.25) is 0 Å². The van der Waals surface area contributed by atoms with E-state index in [2.05, 4.69) is 0 Å². The highest BCUT2D eigenvalue weighted by molar-refractivity contribution is 6.32. The highest BCUT2D eigenvalue weighted by atomic mass is 19.4. The molecule has 0 radical (unpaired) electrons. The molecule has 2 amide bonds. The maximum Gasteiger partial charge on any atom is 0.416 e. The zero-order valence-corrected chi connectivity index (χ0v) is 28.4. The van der Waals surface area contributed by atoms with E-state index in [0.717, 1.165) is 12.1 Å². The number of Topliss-reactive ketones (excluding diaryl/α,β-unsaturated/α-hetero) is 1. The zero-order valence-electron chi connectivity index (χ0n) is 28.4. The quantitative estimate of drug-likeness (QED) is 0.128. The third-order valence-electron chi connectivity index (χ3n) is 11.5. The van der Waals surface area contributed by atoms with Crippen molar-refractivity contribution in [3.05, 3.63) is 148 Å². The van der Waals surface area contributed by atoms with Crippen LogP contribution in [0.1, 0.15) is 46.6 Å². The van der Waals surface area contributed by atoms with E-state index in [1.807, 2.05) is 0 Å². The Balaban J connectivity index is 1.33. The van der Waals surface area contributed by atoms with Crippen molar-refractivity contribution in [2.45, 2.75) is 36.5 Å². The van der Waals surface area contributed by atoms with E-state index in [1.165, 1.54) is 12.1 Å². The summed E-state index contributed by atoms with van der Waals surface area (Å²) in [4.78, 5) is 58.7. The number of carbonyl (C=O) groups excluding carboxylic acids is 4. The van der Waals surface area contributed by atoms with Crippen LogP contribution in [0.3, 0.4) is 0 Å². The van der Waals surface area contributed by atoms with Crippen LogP contribution in [-0.2, 0) is 36.9 Å². The second kappa shape index (κ2) is 12.6. The molecule has 0 spiro atoms. The van der Waals surface area contributed by atoms with E-state index < -0.39 is 99.1 Å². The Bertz CT molecular complexity index is 2320. The molecule has 6 atom stereocenters. The molecule has 1 saturated carbocycles. The number of alkyl halides is 6. The monoisotopic (exact) mass is 759 g/mol. The number of carbonyl (C=O) groups is 4. The lowest BCUT2D eigenvalue weighted by Gasteiger charge is -2.55. The van der Waals surface area contributed by atoms with Gasteiger partial charge in [0.1, 0.15) is 0 Å². The van der Waals surface area contributed by atoms with Crippen LogP contribution >= 0.6 is 0 Å². The Morgan fingerprint density at radius 2 is 1.35 bits per heavy atom. The molecule has 1 saturated heterocycles. The summed E-state index contributed by atoms with van der Waals surface area (Å²) >= 11 is 0. The molecule has 6 nitrogen and oxygen atoms in total. The highest BCUT2D eigenvalue weighted by Gasteiger charge is 2.66. The van der Waals surface area contributed by atoms with Gasteiger partial charge in [-0.1, -0.05) is 78.4 Å². The molecular weight excluding hydrogens is 731 g/mol. The number of halogens is 7. The number of imide groups is 1. The Morgan fingerprint density at radius 1 is 0.727 bits per heavy atom. The number of phenolic OH excluding ortho intramolecular Hbond substituents is 1. The molecule has 0 aromatic heterocycles. The Labute approximate surface area is 308 Å². The molecule has 3 aliphatic carbocycles. The second-order valence-corrected chi connectivity index (χ2v) is 14.3. The van der Waals surface area contributed by atoms with Gasteiger partial charge in [-0.3, -0.25) is 19.2 Å². The van der Waals surface area contributed by atoms with E-state index in [9.17, 15) is 50.6 Å². The Kier molecular flexibility index (Phi) is 8.28. The van der Waals surface area contributed by atoms with E-state index in [1.54, 1.807) is 66.7 Å². The number of fused-ring (bicyclic) bond motifs is 4. The average molecular weight is 760 g/mol. The van der Waals surface area contributed by atoms with Gasteiger partial charge in [0.15, 0.2) is 23.1 Å². The third kappa shape index (κ3) is 5.53. The molecule has 55 heavy (non-hydrogen) atoms. The SMILES string of the molecule is O=C1C(c2ccccc2)=CC(=O)C2(c3ccccc3)C1CC1C(=CCC3C(=O)N(c4cc(C(F)(F)F)cc(C(F)(F)F)c4)C(=O)C31)C2c1ccc(O)c(F)c1. The zero-order chi connectivity index (χ0) is 39.2. The smallest absolute Gasteiger partial charge is 0.416 e. The lowest BCUT2D eigenvalue weighted by Crippen LogP contribution is -2.58. The van der Waals surface area contributed by atoms with Crippen molar-refractivity contribution in [1.29, 1.82) is 0 Å². The summed E-state index contributed by atoms with van der Waals surface area (Å²) < 4.78 is 98.5. The predicted octanol–water partition coefficient (Wildman–Crippen LogP) is 8.60. The summed E-state index contributed by atoms with van der Waals surface area (Å²) in [6, 6.07) is 20.8. The molecule has 280 valence electrons. The Hall–Kier alpha value is -5.85. The van der Waals surface area contributed by atoms with Crippen molar-refractivity contribution in [1.82, 2.24) is 0 Å². The van der Waals surface area contributed by atoms with Crippen molar-refractivity contribution in [3.8, 4) is 5.75 Å². The van der Waals surface area contributed by atoms with Gasteiger partial charge >= 0.3 is 12.4 Å². The second-order valence-electron chi connectivity index (χ2n) is 14.3. The maximum atomic E-state index is 15.3. The number of hydrogen-bond acceptors (Lipinski definition) is 5. The minimum atomic E-state index is -5.25. The predicted molar refractivity (Wildman–Crippen MR) is 184 cm³/mol. The van der Waals surface area contributed by atoms with Gasteiger partial charge in [-0.15, -0.1) is 0 Å². The van der Waals surface area contributed by atoms with E-state index in [4.69, 9.17) is 0 Å². The van der Waals surface area contributed by atoms with E-state index >= 15 is 4.39 Å². The van der Waals surface area contributed by atoms with Gasteiger partial charge in [0.05, 0.1) is 34.1 Å². The summed E-state index contributed by atoms with van der Waals surface area (Å²) in [6.07, 6.45) is -8.04. The molecule has 4 aromatic rings. The third-order valence-corrected chi connectivity index (χ3v) is 11.5. The molecule has 1 N–H and O–H groups in total. The summed E-state index contributed by atoms with van der Waals surface area (Å²) in [5.74, 6) is -10.8. The number of anilines is 1. The minimum absolute atomic E-state index is 0.0803. The molecule has 4 aliphatic rings. The maximum absolute atomic E-state index is 15.3. The summed E-state index contributed by atoms with van der Waals surface area (Å²) in [5.41, 5.74) is -4.60. The summed E-state index contributed by atoms with van der Waals surface area (Å²) in [5, 5.41) is 10.2. The van der Waals surface area contributed by atoms with Crippen molar-refractivity contribution in [2.24, 2.45) is 23.7 Å². The van der Waals surface area contributed by atoms with Crippen LogP contribution in [-0.4, -0.2) is 28.5 Å². The summed E-state index contributed by atoms with van der Waals surface area (Å²) in [6.45, 7) is 0. The molecule has 0 bridgehead atoms. The fourth-order valence-corrected chi connectivity index (χ4v) is 9.27. The van der Waals surface area contributed by atoms with Crippen molar-refractivity contribution < 1.29 is 55.0 Å². The van der Waals surface area contributed by atoms with Crippen molar-refractivity contribution in [3.63, 3.8) is 0 Å². The van der Waals surface area contributed by atoms with Gasteiger partial charge in [-0.25, -0.2) is 9.29 Å². The Morgan fingerprint density at radius 3 is 1.95 bits per heavy atom. The number of benzene rings is 4. The van der Waals surface area contributed by atoms with Gasteiger partial charge in [-0.05, 0) is 71.9 Å². The number of ketones is 2. The first-order chi connectivity index (χ1) is 26.0. The molecule has 4 aromatic carbocycles. The molecule has 8 rings (SSSR count). The molecule has 6 unspecified atom stereocenters. The molecular formula is C42H28F7NO5. The average Bonchev–Trinajstić information content (AvgIpc) is 3.42. The minimum Gasteiger partial charge on any atom is -0.505 e. The number of nitrogens with zero attached hydrogens (tertiary/aromatic N) is 1. The molecule has 2 fully saturated rings. The van der Waals surface area contributed by atoms with E-state index in [0.29, 0.717) is 33.7 Å². The lowest BCUT2D eigenvalue weighted by atomic mass is 9.44. The number of rotatable bonds is 4. The number of hydrogen-bond donors (Lipinski definition) is 1. The van der Waals surface area contributed by atoms with Gasteiger partial charge in [0.2, 0.25) is 11.8 Å². The number of amides is 2. The number of phenols is 1. The van der Waals surface area contributed by atoms with Crippen LogP contribution in [0.25, 0.3) is 5.57 Å². The van der Waals surface area contributed by atoms with Gasteiger partial charge in [-0.2, -0.15) is 26.3 Å². The lowest BCUT2D eigenvalue weighted by molar-refractivity contribution is -0.143. The topological polar surface area (TPSA) is 91.8 Å². The fourth-order valence-electron chi connectivity index (χ4n) is 9.27. The van der Waals surface area contributed by atoms with Crippen LogP contribution < -0.4 is 4.90 Å². The van der Waals surface area contributed by atoms with Crippen LogP contribution in [0.5, 0.6) is 5.75 Å². The van der Waals surface area contributed by atoms with Gasteiger partial charge in [0, 0.05) is 17.4 Å². The van der Waals surface area contributed by atoms with Crippen molar-refractivity contribution in [2.75, 3.05) is 4.90 Å². The molecule has 1 heterocycles. The van der Waals surface area contributed by atoms with Crippen LogP contribution in [0.15, 0.2) is 115 Å². The first kappa shape index (κ1) is 36.1. The fraction of sp³-hybridized carbons (Fsp3) is 0.238. The number of allylic oxidation sites excluding steroid dienone is 4. The number of aromatic hydroxyl groups is 1. The van der Waals surface area contributed by atoms with Crippen LogP contribution in [0, 0.1) is 29.5 Å². The summed E-state index contributed by atoms with van der Waals surface area (Å²) in [7, 11) is 0. The van der Waals surface area contributed by atoms with E-state index in [-0.39, 0.29) is 30.0 Å². The van der Waals surface area contributed by atoms with Gasteiger partial charge < -0.3 is 5.11 Å².